The van der Waals surface area contributed by atoms with Crippen LogP contribution in [0.4, 0.5) is 4.39 Å². The fraction of sp³-hybridized carbons (Fsp3) is 0.429. The molecule has 4 N–H and O–H groups in total. The molecule has 1 aromatic carbocycles. The van der Waals surface area contributed by atoms with Gasteiger partial charge in [-0.2, -0.15) is 4.37 Å². The Morgan fingerprint density at radius 3 is 2.90 bits per heavy atom. The molecule has 0 saturated heterocycles. The lowest BCUT2D eigenvalue weighted by molar-refractivity contribution is 0.615. The molecule has 4 nitrogen and oxygen atoms in total. The number of nitrogens with two attached hydrogens (primary N) is 2. The zero-order valence-electron chi connectivity index (χ0n) is 11.5. The molecule has 2 aromatic rings. The summed E-state index contributed by atoms with van der Waals surface area (Å²) < 4.78 is 17.5. The third-order valence-electron chi connectivity index (χ3n) is 3.07. The minimum Gasteiger partial charge on any atom is -0.330 e. The van der Waals surface area contributed by atoms with Crippen molar-refractivity contribution in [1.29, 1.82) is 0 Å². The fourth-order valence-corrected chi connectivity index (χ4v) is 2.74. The maximum Gasteiger partial charge on any atom is 0.146 e. The lowest BCUT2D eigenvalue weighted by atomic mass is 10.1. The second-order valence-corrected chi connectivity index (χ2v) is 5.74. The Morgan fingerprint density at radius 1 is 1.40 bits per heavy atom. The first-order valence-corrected chi connectivity index (χ1v) is 7.38. The maximum atomic E-state index is 13.2. The largest absolute Gasteiger partial charge is 0.330 e. The lowest BCUT2D eigenvalue weighted by Gasteiger charge is -2.06. The molecule has 2 rings (SSSR count). The van der Waals surface area contributed by atoms with Gasteiger partial charge in [-0.25, -0.2) is 9.37 Å². The Hall–Kier alpha value is -1.37. The average molecular weight is 294 g/mol. The van der Waals surface area contributed by atoms with Gasteiger partial charge in [0.15, 0.2) is 0 Å². The van der Waals surface area contributed by atoms with Crippen LogP contribution >= 0.6 is 11.5 Å². The van der Waals surface area contributed by atoms with Crippen molar-refractivity contribution in [2.24, 2.45) is 11.5 Å². The van der Waals surface area contributed by atoms with E-state index >= 15 is 0 Å². The monoisotopic (exact) mass is 294 g/mol. The van der Waals surface area contributed by atoms with E-state index in [2.05, 4.69) is 9.36 Å². The fourth-order valence-electron chi connectivity index (χ4n) is 1.98. The number of nitrogens with zero attached hydrogens (tertiary/aromatic N) is 2. The molecule has 0 bridgehead atoms. The molecule has 0 radical (unpaired) electrons. The van der Waals surface area contributed by atoms with E-state index in [1.165, 1.54) is 17.6 Å². The zero-order valence-corrected chi connectivity index (χ0v) is 12.3. The number of aromatic nitrogens is 2. The molecule has 0 spiro atoms. The summed E-state index contributed by atoms with van der Waals surface area (Å²) in [4.78, 5) is 4.47. The van der Waals surface area contributed by atoms with Crippen LogP contribution in [0.1, 0.15) is 28.4 Å². The number of benzene rings is 1. The molecule has 0 aliphatic heterocycles. The summed E-state index contributed by atoms with van der Waals surface area (Å²) in [5.74, 6) is 0.574. The van der Waals surface area contributed by atoms with Crippen molar-refractivity contribution >= 4 is 11.5 Å². The van der Waals surface area contributed by atoms with Gasteiger partial charge in [-0.1, -0.05) is 12.1 Å². The Labute approximate surface area is 122 Å². The summed E-state index contributed by atoms with van der Waals surface area (Å²) in [5, 5.41) is 0.930. The van der Waals surface area contributed by atoms with E-state index < -0.39 is 0 Å². The van der Waals surface area contributed by atoms with Crippen molar-refractivity contribution in [1.82, 2.24) is 9.36 Å². The Kier molecular flexibility index (Phi) is 5.17. The van der Waals surface area contributed by atoms with Gasteiger partial charge in [0, 0.05) is 18.9 Å². The van der Waals surface area contributed by atoms with Gasteiger partial charge in [-0.3, -0.25) is 0 Å². The van der Waals surface area contributed by atoms with Gasteiger partial charge in [-0.15, -0.1) is 0 Å². The first kappa shape index (κ1) is 15.0. The van der Waals surface area contributed by atoms with Crippen LogP contribution in [0.5, 0.6) is 0 Å². The van der Waals surface area contributed by atoms with Gasteiger partial charge >= 0.3 is 0 Å². The molecule has 1 unspecified atom stereocenters. The molecule has 0 aliphatic rings. The Morgan fingerprint density at radius 2 is 2.20 bits per heavy atom. The average Bonchev–Trinajstić information content (AvgIpc) is 2.81. The molecule has 6 heteroatoms. The molecular formula is C14H19FN4S. The first-order chi connectivity index (χ1) is 9.58. The van der Waals surface area contributed by atoms with Crippen LogP contribution in [-0.4, -0.2) is 21.9 Å². The predicted octanol–water partition coefficient (Wildman–Crippen LogP) is 1.80. The van der Waals surface area contributed by atoms with Crippen LogP contribution in [0, 0.1) is 12.7 Å². The quantitative estimate of drug-likeness (QED) is 0.851. The van der Waals surface area contributed by atoms with Crippen LogP contribution < -0.4 is 11.5 Å². The van der Waals surface area contributed by atoms with E-state index in [4.69, 9.17) is 11.5 Å². The number of hydrogen-bond acceptors (Lipinski definition) is 5. The van der Waals surface area contributed by atoms with Gasteiger partial charge in [0.25, 0.3) is 0 Å². The summed E-state index contributed by atoms with van der Waals surface area (Å²) in [6, 6.07) is 5.11. The van der Waals surface area contributed by atoms with E-state index in [-0.39, 0.29) is 11.9 Å². The normalized spacial score (nSPS) is 12.6. The second kappa shape index (κ2) is 6.88. The molecule has 0 aliphatic carbocycles. The molecule has 0 amide bonds. The maximum absolute atomic E-state index is 13.2. The van der Waals surface area contributed by atoms with Crippen molar-refractivity contribution in [3.05, 3.63) is 46.0 Å². The summed E-state index contributed by atoms with van der Waals surface area (Å²) in [5.41, 5.74) is 13.1. The lowest BCUT2D eigenvalue weighted by Crippen LogP contribution is -2.25. The van der Waals surface area contributed by atoms with Crippen LogP contribution in [0.2, 0.25) is 0 Å². The molecule has 0 saturated carbocycles. The summed E-state index contributed by atoms with van der Waals surface area (Å²) in [6.07, 6.45) is 2.10. The van der Waals surface area contributed by atoms with Crippen molar-refractivity contribution < 1.29 is 4.39 Å². The minimum atomic E-state index is -0.187. The third-order valence-corrected chi connectivity index (χ3v) is 3.84. The van der Waals surface area contributed by atoms with E-state index in [1.807, 2.05) is 6.07 Å². The van der Waals surface area contributed by atoms with Crippen LogP contribution in [-0.2, 0) is 12.8 Å². The number of hydrogen-bond donors (Lipinski definition) is 2. The third kappa shape index (κ3) is 4.06. The van der Waals surface area contributed by atoms with Crippen LogP contribution in [0.25, 0.3) is 0 Å². The van der Waals surface area contributed by atoms with E-state index in [1.54, 1.807) is 13.0 Å². The molecule has 20 heavy (non-hydrogen) atoms. The predicted molar refractivity (Wildman–Crippen MR) is 79.2 cm³/mol. The molecule has 0 fully saturated rings. The molecule has 1 heterocycles. The molecule has 1 atom stereocenters. The SMILES string of the molecule is Cc1cc(Cc2nsc(CC(N)CCN)n2)ccc1F. The van der Waals surface area contributed by atoms with Crippen molar-refractivity contribution in [2.45, 2.75) is 32.2 Å². The number of aryl methyl sites for hydroxylation is 1. The second-order valence-electron chi connectivity index (χ2n) is 4.91. The van der Waals surface area contributed by atoms with Gasteiger partial charge in [0.2, 0.25) is 0 Å². The van der Waals surface area contributed by atoms with Gasteiger partial charge < -0.3 is 11.5 Å². The zero-order chi connectivity index (χ0) is 14.5. The highest BCUT2D eigenvalue weighted by Crippen LogP contribution is 2.14. The van der Waals surface area contributed by atoms with Crippen molar-refractivity contribution in [3.63, 3.8) is 0 Å². The van der Waals surface area contributed by atoms with Crippen molar-refractivity contribution in [2.75, 3.05) is 6.54 Å². The smallest absolute Gasteiger partial charge is 0.146 e. The van der Waals surface area contributed by atoms with Crippen LogP contribution in [0.15, 0.2) is 18.2 Å². The topological polar surface area (TPSA) is 77.8 Å². The Balaban J connectivity index is 2.00. The van der Waals surface area contributed by atoms with Crippen molar-refractivity contribution in [3.8, 4) is 0 Å². The molecule has 108 valence electrons. The summed E-state index contributed by atoms with van der Waals surface area (Å²) >= 11 is 1.37. The summed E-state index contributed by atoms with van der Waals surface area (Å²) in [6.45, 7) is 2.34. The van der Waals surface area contributed by atoms with Gasteiger partial charge in [0.1, 0.15) is 16.6 Å². The number of rotatable bonds is 6. The van der Waals surface area contributed by atoms with Crippen LogP contribution in [0.3, 0.4) is 0 Å². The van der Waals surface area contributed by atoms with E-state index in [9.17, 15) is 4.39 Å². The Bertz CT molecular complexity index is 570. The van der Waals surface area contributed by atoms with E-state index in [0.29, 0.717) is 24.9 Å². The van der Waals surface area contributed by atoms with Gasteiger partial charge in [0.05, 0.1) is 0 Å². The standard InChI is InChI=1S/C14H19FN4S/c1-9-6-10(2-3-12(9)15)7-13-18-14(20-19-13)8-11(17)4-5-16/h2-3,6,11H,4-5,7-8,16-17H2,1H3. The number of halogens is 1. The summed E-state index contributed by atoms with van der Waals surface area (Å²) in [7, 11) is 0. The highest BCUT2D eigenvalue weighted by atomic mass is 32.1. The molecular weight excluding hydrogens is 275 g/mol. The van der Waals surface area contributed by atoms with E-state index in [0.717, 1.165) is 22.8 Å². The highest BCUT2D eigenvalue weighted by Gasteiger charge is 2.10. The first-order valence-electron chi connectivity index (χ1n) is 6.60. The van der Waals surface area contributed by atoms with Gasteiger partial charge in [-0.05, 0) is 48.6 Å². The minimum absolute atomic E-state index is 0.0360. The molecule has 1 aromatic heterocycles. The highest BCUT2D eigenvalue weighted by molar-refractivity contribution is 7.05.